The van der Waals surface area contributed by atoms with E-state index in [0.29, 0.717) is 5.88 Å². The van der Waals surface area contributed by atoms with Crippen LogP contribution in [0, 0.1) is 20.8 Å². The van der Waals surface area contributed by atoms with Gasteiger partial charge in [-0.2, -0.15) is 5.10 Å². The lowest BCUT2D eigenvalue weighted by atomic mass is 10.1. The minimum atomic E-state index is 0.376. The van der Waals surface area contributed by atoms with Crippen LogP contribution >= 0.6 is 11.6 Å². The molecule has 0 radical (unpaired) electrons. The monoisotopic (exact) mass is 288 g/mol. The van der Waals surface area contributed by atoms with Crippen LogP contribution in [0.4, 0.5) is 0 Å². The van der Waals surface area contributed by atoms with Gasteiger partial charge in [0, 0.05) is 12.7 Å². The second-order valence-electron chi connectivity index (χ2n) is 5.15. The van der Waals surface area contributed by atoms with Crippen LogP contribution in [0.1, 0.15) is 22.6 Å². The molecule has 104 valence electrons. The molecule has 0 spiro atoms. The van der Waals surface area contributed by atoms with E-state index in [2.05, 4.69) is 46.7 Å². The first-order valence-electron chi connectivity index (χ1n) is 6.57. The van der Waals surface area contributed by atoms with Crippen LogP contribution in [0.15, 0.2) is 18.2 Å². The third-order valence-electron chi connectivity index (χ3n) is 3.74. The third kappa shape index (κ3) is 1.83. The Morgan fingerprint density at radius 3 is 2.55 bits per heavy atom. The Balaban J connectivity index is 2.36. The zero-order valence-electron chi connectivity index (χ0n) is 12.1. The van der Waals surface area contributed by atoms with Crippen molar-refractivity contribution in [1.29, 1.82) is 0 Å². The summed E-state index contributed by atoms with van der Waals surface area (Å²) in [5, 5.41) is 4.44. The van der Waals surface area contributed by atoms with Crippen molar-refractivity contribution in [2.24, 2.45) is 7.05 Å². The number of nitrogens with zero attached hydrogens (tertiary/aromatic N) is 4. The number of rotatable bonds is 2. The molecule has 0 saturated heterocycles. The number of aromatic nitrogens is 4. The molecule has 5 heteroatoms. The van der Waals surface area contributed by atoms with E-state index in [9.17, 15) is 0 Å². The predicted molar refractivity (Wildman–Crippen MR) is 81.6 cm³/mol. The van der Waals surface area contributed by atoms with Gasteiger partial charge in [0.15, 0.2) is 5.65 Å². The van der Waals surface area contributed by atoms with E-state index in [0.717, 1.165) is 28.4 Å². The van der Waals surface area contributed by atoms with Crippen LogP contribution in [0.3, 0.4) is 0 Å². The normalized spacial score (nSPS) is 11.4. The van der Waals surface area contributed by atoms with Gasteiger partial charge in [-0.3, -0.25) is 4.57 Å². The number of imidazole rings is 1. The molecule has 0 N–H and O–H groups in total. The number of aryl methyl sites for hydroxylation is 4. The SMILES string of the molecule is Cc1ccc(-n2c(CCl)nc3c(C)nn(C)c32)cc1C. The first-order chi connectivity index (χ1) is 9.52. The van der Waals surface area contributed by atoms with E-state index < -0.39 is 0 Å². The molecule has 0 aliphatic carbocycles. The number of fused-ring (bicyclic) bond motifs is 1. The smallest absolute Gasteiger partial charge is 0.163 e. The van der Waals surface area contributed by atoms with E-state index >= 15 is 0 Å². The second-order valence-corrected chi connectivity index (χ2v) is 5.41. The van der Waals surface area contributed by atoms with E-state index in [4.69, 9.17) is 11.6 Å². The molecule has 0 aliphatic rings. The highest BCUT2D eigenvalue weighted by atomic mass is 35.5. The Bertz CT molecular complexity index is 798. The summed E-state index contributed by atoms with van der Waals surface area (Å²) in [5.41, 5.74) is 6.44. The van der Waals surface area contributed by atoms with Gasteiger partial charge in [0.25, 0.3) is 0 Å². The number of hydrogen-bond donors (Lipinski definition) is 0. The van der Waals surface area contributed by atoms with Gasteiger partial charge in [-0.1, -0.05) is 6.07 Å². The van der Waals surface area contributed by atoms with Crippen LogP contribution in [-0.4, -0.2) is 19.3 Å². The predicted octanol–water partition coefficient (Wildman–Crippen LogP) is 3.42. The highest BCUT2D eigenvalue weighted by molar-refractivity contribution is 6.17. The lowest BCUT2D eigenvalue weighted by molar-refractivity contribution is 0.755. The van der Waals surface area contributed by atoms with Crippen molar-refractivity contribution in [3.05, 3.63) is 40.8 Å². The van der Waals surface area contributed by atoms with Crippen LogP contribution in [0.25, 0.3) is 16.9 Å². The molecule has 1 aromatic carbocycles. The van der Waals surface area contributed by atoms with Crippen LogP contribution in [-0.2, 0) is 12.9 Å². The molecule has 0 bridgehead atoms. The molecule has 2 aromatic heterocycles. The molecule has 0 saturated carbocycles. The average Bonchev–Trinajstić information content (AvgIpc) is 2.92. The summed E-state index contributed by atoms with van der Waals surface area (Å²) >= 11 is 6.07. The van der Waals surface area contributed by atoms with Crippen LogP contribution in [0.2, 0.25) is 0 Å². The average molecular weight is 289 g/mol. The molecule has 0 amide bonds. The van der Waals surface area contributed by atoms with E-state index in [-0.39, 0.29) is 0 Å². The summed E-state index contributed by atoms with van der Waals surface area (Å²) in [6, 6.07) is 6.38. The second kappa shape index (κ2) is 4.63. The standard InChI is InChI=1S/C15H17ClN4/c1-9-5-6-12(7-10(9)2)20-13(8-16)17-14-11(3)18-19(4)15(14)20/h5-7H,8H2,1-4H3. The highest BCUT2D eigenvalue weighted by Crippen LogP contribution is 2.25. The minimum absolute atomic E-state index is 0.376. The van der Waals surface area contributed by atoms with Crippen molar-refractivity contribution in [2.45, 2.75) is 26.7 Å². The Labute approximate surface area is 123 Å². The summed E-state index contributed by atoms with van der Waals surface area (Å²) in [6.45, 7) is 6.19. The zero-order chi connectivity index (χ0) is 14.4. The maximum Gasteiger partial charge on any atom is 0.163 e. The van der Waals surface area contributed by atoms with Gasteiger partial charge in [-0.15, -0.1) is 11.6 Å². The molecular formula is C15H17ClN4. The molecular weight excluding hydrogens is 272 g/mol. The molecule has 0 fully saturated rings. The summed E-state index contributed by atoms with van der Waals surface area (Å²) in [7, 11) is 1.94. The fourth-order valence-corrected chi connectivity index (χ4v) is 2.72. The maximum absolute atomic E-state index is 6.07. The summed E-state index contributed by atoms with van der Waals surface area (Å²) in [4.78, 5) is 4.63. The highest BCUT2D eigenvalue weighted by Gasteiger charge is 2.18. The van der Waals surface area contributed by atoms with Crippen molar-refractivity contribution >= 4 is 22.8 Å². The number of hydrogen-bond acceptors (Lipinski definition) is 2. The molecule has 3 rings (SSSR count). The zero-order valence-corrected chi connectivity index (χ0v) is 12.9. The summed E-state index contributed by atoms with van der Waals surface area (Å²) in [5.74, 6) is 1.22. The molecule has 3 aromatic rings. The Morgan fingerprint density at radius 1 is 1.15 bits per heavy atom. The largest absolute Gasteiger partial charge is 0.280 e. The molecule has 0 aliphatic heterocycles. The van der Waals surface area contributed by atoms with Crippen LogP contribution in [0.5, 0.6) is 0 Å². The maximum atomic E-state index is 6.07. The van der Waals surface area contributed by atoms with Gasteiger partial charge in [0.1, 0.15) is 11.3 Å². The van der Waals surface area contributed by atoms with Crippen molar-refractivity contribution < 1.29 is 0 Å². The van der Waals surface area contributed by atoms with Crippen molar-refractivity contribution in [3.8, 4) is 5.69 Å². The molecule has 0 atom stereocenters. The van der Waals surface area contributed by atoms with Crippen molar-refractivity contribution in [2.75, 3.05) is 0 Å². The van der Waals surface area contributed by atoms with E-state index in [1.807, 2.05) is 18.7 Å². The van der Waals surface area contributed by atoms with Crippen LogP contribution < -0.4 is 0 Å². The lowest BCUT2D eigenvalue weighted by Crippen LogP contribution is -2.04. The first-order valence-corrected chi connectivity index (χ1v) is 7.11. The van der Waals surface area contributed by atoms with Gasteiger partial charge < -0.3 is 0 Å². The van der Waals surface area contributed by atoms with Gasteiger partial charge >= 0.3 is 0 Å². The summed E-state index contributed by atoms with van der Waals surface area (Å²) < 4.78 is 3.96. The molecule has 20 heavy (non-hydrogen) atoms. The van der Waals surface area contributed by atoms with Gasteiger partial charge in [0.05, 0.1) is 11.6 Å². The third-order valence-corrected chi connectivity index (χ3v) is 3.98. The topological polar surface area (TPSA) is 35.6 Å². The fourth-order valence-electron chi connectivity index (χ4n) is 2.54. The lowest BCUT2D eigenvalue weighted by Gasteiger charge is -2.10. The molecule has 4 nitrogen and oxygen atoms in total. The Kier molecular flexibility index (Phi) is 3.05. The number of halogens is 1. The first kappa shape index (κ1) is 13.2. The minimum Gasteiger partial charge on any atom is -0.280 e. The number of benzene rings is 1. The molecule has 0 unspecified atom stereocenters. The van der Waals surface area contributed by atoms with Gasteiger partial charge in [-0.05, 0) is 44.0 Å². The fraction of sp³-hybridized carbons (Fsp3) is 0.333. The van der Waals surface area contributed by atoms with Crippen molar-refractivity contribution in [3.63, 3.8) is 0 Å². The van der Waals surface area contributed by atoms with Gasteiger partial charge in [0.2, 0.25) is 0 Å². The van der Waals surface area contributed by atoms with Gasteiger partial charge in [-0.25, -0.2) is 9.67 Å². The Hall–Kier alpha value is -1.81. The van der Waals surface area contributed by atoms with E-state index in [1.165, 1.54) is 11.1 Å². The number of alkyl halides is 1. The van der Waals surface area contributed by atoms with Crippen molar-refractivity contribution in [1.82, 2.24) is 19.3 Å². The molecule has 2 heterocycles. The Morgan fingerprint density at radius 2 is 1.90 bits per heavy atom. The summed E-state index contributed by atoms with van der Waals surface area (Å²) in [6.07, 6.45) is 0. The quantitative estimate of drug-likeness (QED) is 0.677. The van der Waals surface area contributed by atoms with E-state index in [1.54, 1.807) is 0 Å².